The molecular formula is C17H11ClF2N2O. The van der Waals surface area contributed by atoms with E-state index in [9.17, 15) is 13.6 Å². The molecule has 6 heteroatoms. The van der Waals surface area contributed by atoms with Crippen molar-refractivity contribution in [2.75, 3.05) is 0 Å². The van der Waals surface area contributed by atoms with Crippen molar-refractivity contribution in [1.29, 1.82) is 0 Å². The fourth-order valence-corrected chi connectivity index (χ4v) is 2.41. The van der Waals surface area contributed by atoms with Crippen molar-refractivity contribution < 1.29 is 8.78 Å². The van der Waals surface area contributed by atoms with Crippen LogP contribution < -0.4 is 5.56 Å². The summed E-state index contributed by atoms with van der Waals surface area (Å²) >= 11 is 5.97. The third kappa shape index (κ3) is 3.29. The van der Waals surface area contributed by atoms with Crippen LogP contribution in [0.1, 0.15) is 5.56 Å². The average molecular weight is 333 g/mol. The Bertz CT molecular complexity index is 924. The van der Waals surface area contributed by atoms with Crippen LogP contribution in [0.3, 0.4) is 0 Å². The minimum atomic E-state index is -0.459. The summed E-state index contributed by atoms with van der Waals surface area (Å²) < 4.78 is 28.1. The highest BCUT2D eigenvalue weighted by Gasteiger charge is 2.09. The first kappa shape index (κ1) is 15.4. The van der Waals surface area contributed by atoms with Gasteiger partial charge in [0.1, 0.15) is 11.6 Å². The second-order valence-electron chi connectivity index (χ2n) is 4.93. The molecule has 2 aromatic carbocycles. The van der Waals surface area contributed by atoms with Crippen LogP contribution in [0.15, 0.2) is 59.4 Å². The Morgan fingerprint density at radius 3 is 2.57 bits per heavy atom. The summed E-state index contributed by atoms with van der Waals surface area (Å²) in [5.41, 5.74) is 0.825. The van der Waals surface area contributed by atoms with E-state index in [1.165, 1.54) is 41.1 Å². The summed E-state index contributed by atoms with van der Waals surface area (Å²) in [5.74, 6) is -0.885. The number of nitrogens with zero attached hydrogens (tertiary/aromatic N) is 2. The van der Waals surface area contributed by atoms with E-state index in [-0.39, 0.29) is 17.1 Å². The standard InChI is InChI=1S/C17H11ClF2N2O/c18-14-9-12(19)6-5-11(14)10-22-17(23)8-7-16(21-22)13-3-1-2-4-15(13)20/h1-9H,10H2. The summed E-state index contributed by atoms with van der Waals surface area (Å²) in [4.78, 5) is 12.0. The zero-order chi connectivity index (χ0) is 16.4. The van der Waals surface area contributed by atoms with Gasteiger partial charge in [-0.3, -0.25) is 4.79 Å². The van der Waals surface area contributed by atoms with Gasteiger partial charge in [-0.1, -0.05) is 29.8 Å². The summed E-state index contributed by atoms with van der Waals surface area (Å²) in [5, 5.41) is 4.38. The molecule has 0 aliphatic carbocycles. The number of halogens is 3. The van der Waals surface area contributed by atoms with Crippen LogP contribution in [-0.2, 0) is 6.54 Å². The van der Waals surface area contributed by atoms with Gasteiger partial charge < -0.3 is 0 Å². The quantitative estimate of drug-likeness (QED) is 0.729. The molecule has 0 atom stereocenters. The topological polar surface area (TPSA) is 34.9 Å². The van der Waals surface area contributed by atoms with Crippen LogP contribution in [0, 0.1) is 11.6 Å². The Labute approximate surface area is 135 Å². The molecule has 0 bridgehead atoms. The molecule has 0 aliphatic rings. The molecule has 3 nitrogen and oxygen atoms in total. The second-order valence-corrected chi connectivity index (χ2v) is 5.34. The van der Waals surface area contributed by atoms with Crippen molar-refractivity contribution in [2.45, 2.75) is 6.54 Å². The van der Waals surface area contributed by atoms with Crippen LogP contribution in [0.4, 0.5) is 8.78 Å². The summed E-state index contributed by atoms with van der Waals surface area (Å²) in [6.45, 7) is 0.0697. The fourth-order valence-electron chi connectivity index (χ4n) is 2.19. The van der Waals surface area contributed by atoms with Crippen LogP contribution in [-0.4, -0.2) is 9.78 Å². The molecule has 0 fully saturated rings. The van der Waals surface area contributed by atoms with Crippen molar-refractivity contribution >= 4 is 11.6 Å². The van der Waals surface area contributed by atoms with Gasteiger partial charge in [-0.05, 0) is 35.9 Å². The number of hydrogen-bond donors (Lipinski definition) is 0. The minimum Gasteiger partial charge on any atom is -0.268 e. The highest BCUT2D eigenvalue weighted by atomic mass is 35.5. The number of benzene rings is 2. The van der Waals surface area contributed by atoms with E-state index < -0.39 is 11.6 Å². The molecule has 0 amide bonds. The van der Waals surface area contributed by atoms with E-state index in [0.717, 1.165) is 0 Å². The molecule has 0 saturated carbocycles. The van der Waals surface area contributed by atoms with Gasteiger partial charge in [0.2, 0.25) is 0 Å². The molecule has 1 heterocycles. The van der Waals surface area contributed by atoms with E-state index in [1.54, 1.807) is 18.2 Å². The van der Waals surface area contributed by atoms with E-state index in [4.69, 9.17) is 11.6 Å². The molecule has 0 saturated heterocycles. The molecule has 1 aromatic heterocycles. The lowest BCUT2D eigenvalue weighted by Crippen LogP contribution is -2.23. The molecule has 0 N–H and O–H groups in total. The van der Waals surface area contributed by atoms with Gasteiger partial charge in [-0.2, -0.15) is 5.10 Å². The lowest BCUT2D eigenvalue weighted by Gasteiger charge is -2.09. The van der Waals surface area contributed by atoms with Gasteiger partial charge in [0.15, 0.2) is 0 Å². The Morgan fingerprint density at radius 2 is 1.83 bits per heavy atom. The lowest BCUT2D eigenvalue weighted by molar-refractivity contribution is 0.615. The highest BCUT2D eigenvalue weighted by molar-refractivity contribution is 6.31. The van der Waals surface area contributed by atoms with Crippen LogP contribution >= 0.6 is 11.6 Å². The maximum Gasteiger partial charge on any atom is 0.267 e. The Hall–Kier alpha value is -2.53. The lowest BCUT2D eigenvalue weighted by atomic mass is 10.1. The molecule has 3 rings (SSSR count). The molecule has 0 spiro atoms. The van der Waals surface area contributed by atoms with Crippen LogP contribution in [0.5, 0.6) is 0 Å². The van der Waals surface area contributed by atoms with Gasteiger partial charge in [-0.15, -0.1) is 0 Å². The molecule has 3 aromatic rings. The smallest absolute Gasteiger partial charge is 0.267 e. The third-order valence-electron chi connectivity index (χ3n) is 3.35. The van der Waals surface area contributed by atoms with Gasteiger partial charge in [-0.25, -0.2) is 13.5 Å². The number of aromatic nitrogens is 2. The first-order valence-corrected chi connectivity index (χ1v) is 7.19. The molecule has 0 radical (unpaired) electrons. The highest BCUT2D eigenvalue weighted by Crippen LogP contribution is 2.20. The predicted molar refractivity (Wildman–Crippen MR) is 84.4 cm³/mol. The first-order chi connectivity index (χ1) is 11.0. The molecule has 0 aliphatic heterocycles. The largest absolute Gasteiger partial charge is 0.268 e. The Morgan fingerprint density at radius 1 is 1.04 bits per heavy atom. The SMILES string of the molecule is O=c1ccc(-c2ccccc2F)nn1Cc1ccc(F)cc1Cl. The Kier molecular flexibility index (Phi) is 4.21. The minimum absolute atomic E-state index is 0.0697. The van der Waals surface area contributed by atoms with E-state index in [0.29, 0.717) is 16.8 Å². The maximum atomic E-state index is 13.9. The zero-order valence-corrected chi connectivity index (χ0v) is 12.6. The van der Waals surface area contributed by atoms with Crippen molar-refractivity contribution in [3.05, 3.63) is 87.2 Å². The van der Waals surface area contributed by atoms with Gasteiger partial charge in [0, 0.05) is 16.7 Å². The Balaban J connectivity index is 2.02. The zero-order valence-electron chi connectivity index (χ0n) is 11.8. The van der Waals surface area contributed by atoms with Gasteiger partial charge in [0.25, 0.3) is 5.56 Å². The van der Waals surface area contributed by atoms with Crippen LogP contribution in [0.2, 0.25) is 5.02 Å². The summed E-state index contributed by atoms with van der Waals surface area (Å²) in [6.07, 6.45) is 0. The van der Waals surface area contributed by atoms with E-state index in [1.807, 2.05) is 0 Å². The summed E-state index contributed by atoms with van der Waals surface area (Å²) in [7, 11) is 0. The fraction of sp³-hybridized carbons (Fsp3) is 0.0588. The number of rotatable bonds is 3. The number of hydrogen-bond acceptors (Lipinski definition) is 2. The first-order valence-electron chi connectivity index (χ1n) is 6.81. The monoisotopic (exact) mass is 332 g/mol. The van der Waals surface area contributed by atoms with E-state index >= 15 is 0 Å². The third-order valence-corrected chi connectivity index (χ3v) is 3.70. The molecular weight excluding hydrogens is 322 g/mol. The van der Waals surface area contributed by atoms with E-state index in [2.05, 4.69) is 5.10 Å². The summed E-state index contributed by atoms with van der Waals surface area (Å²) in [6, 6.07) is 12.9. The molecule has 0 unspecified atom stereocenters. The predicted octanol–water partition coefficient (Wildman–Crippen LogP) is 3.89. The second kappa shape index (κ2) is 6.30. The van der Waals surface area contributed by atoms with Gasteiger partial charge in [0.05, 0.1) is 12.2 Å². The van der Waals surface area contributed by atoms with Crippen molar-refractivity contribution in [2.24, 2.45) is 0 Å². The van der Waals surface area contributed by atoms with Crippen molar-refractivity contribution in [1.82, 2.24) is 9.78 Å². The van der Waals surface area contributed by atoms with Crippen molar-refractivity contribution in [3.8, 4) is 11.3 Å². The molecule has 116 valence electrons. The van der Waals surface area contributed by atoms with Gasteiger partial charge >= 0.3 is 0 Å². The van der Waals surface area contributed by atoms with Crippen molar-refractivity contribution in [3.63, 3.8) is 0 Å². The molecule has 23 heavy (non-hydrogen) atoms. The normalized spacial score (nSPS) is 10.7. The average Bonchev–Trinajstić information content (AvgIpc) is 2.52. The van der Waals surface area contributed by atoms with Crippen LogP contribution in [0.25, 0.3) is 11.3 Å². The maximum absolute atomic E-state index is 13.9.